The van der Waals surface area contributed by atoms with Crippen LogP contribution in [0.1, 0.15) is 15.9 Å². The lowest BCUT2D eigenvalue weighted by atomic mass is 10.1. The average Bonchev–Trinajstić information content (AvgIpc) is 3.04. The van der Waals surface area contributed by atoms with Gasteiger partial charge in [0.25, 0.3) is 0 Å². The van der Waals surface area contributed by atoms with Crippen LogP contribution in [0.2, 0.25) is 0 Å². The first-order valence-electron chi connectivity index (χ1n) is 8.74. The van der Waals surface area contributed by atoms with Crippen LogP contribution in [0, 0.1) is 0 Å². The molecule has 2 amide bonds. The standard InChI is InChI=1S/C20H21N3O3/c1-26-19(24)15-6-4-7-16(11-15)21-20(25)22-12-17(13-22)23-10-9-14-5-2-3-8-18(14)23/h2-8,11,17H,9-10,12-13H2,1H3,(H,21,25). The van der Waals surface area contributed by atoms with Gasteiger partial charge in [-0.25, -0.2) is 9.59 Å². The molecule has 2 heterocycles. The van der Waals surface area contributed by atoms with Crippen molar-refractivity contribution in [3.05, 3.63) is 59.7 Å². The van der Waals surface area contributed by atoms with Crippen LogP contribution in [0.5, 0.6) is 0 Å². The largest absolute Gasteiger partial charge is 0.465 e. The number of para-hydroxylation sites is 1. The van der Waals surface area contributed by atoms with Crippen LogP contribution >= 0.6 is 0 Å². The lowest BCUT2D eigenvalue weighted by molar-refractivity contribution is 0.0600. The number of carbonyl (C=O) groups is 2. The molecule has 2 aliphatic rings. The fourth-order valence-electron chi connectivity index (χ4n) is 3.61. The molecule has 1 saturated heterocycles. The normalized spacial score (nSPS) is 16.0. The number of likely N-dealkylation sites (tertiary alicyclic amines) is 1. The first-order valence-corrected chi connectivity index (χ1v) is 8.74. The van der Waals surface area contributed by atoms with Crippen LogP contribution in [-0.4, -0.2) is 49.7 Å². The molecule has 0 atom stereocenters. The van der Waals surface area contributed by atoms with Gasteiger partial charge in [0.2, 0.25) is 0 Å². The second-order valence-corrected chi connectivity index (χ2v) is 6.63. The minimum absolute atomic E-state index is 0.143. The van der Waals surface area contributed by atoms with E-state index in [0.29, 0.717) is 30.4 Å². The quantitative estimate of drug-likeness (QED) is 0.864. The van der Waals surface area contributed by atoms with E-state index in [0.717, 1.165) is 13.0 Å². The van der Waals surface area contributed by atoms with E-state index in [1.165, 1.54) is 18.4 Å². The number of amides is 2. The van der Waals surface area contributed by atoms with Crippen molar-refractivity contribution in [2.75, 3.05) is 37.0 Å². The molecule has 0 bridgehead atoms. The predicted molar refractivity (Wildman–Crippen MR) is 99.7 cm³/mol. The van der Waals surface area contributed by atoms with Gasteiger partial charge in [0, 0.05) is 31.0 Å². The van der Waals surface area contributed by atoms with E-state index in [4.69, 9.17) is 4.74 Å². The summed E-state index contributed by atoms with van der Waals surface area (Å²) in [6, 6.07) is 15.5. The number of benzene rings is 2. The highest BCUT2D eigenvalue weighted by molar-refractivity contribution is 5.94. The molecule has 0 saturated carbocycles. The van der Waals surface area contributed by atoms with Gasteiger partial charge in [0.05, 0.1) is 18.7 Å². The number of urea groups is 1. The van der Waals surface area contributed by atoms with Crippen molar-refractivity contribution >= 4 is 23.4 Å². The highest BCUT2D eigenvalue weighted by Gasteiger charge is 2.37. The highest BCUT2D eigenvalue weighted by atomic mass is 16.5. The summed E-state index contributed by atoms with van der Waals surface area (Å²) in [5.41, 5.74) is 3.69. The van der Waals surface area contributed by atoms with Gasteiger partial charge < -0.3 is 19.9 Å². The van der Waals surface area contributed by atoms with Crippen molar-refractivity contribution in [1.29, 1.82) is 0 Å². The molecule has 0 spiro atoms. The maximum atomic E-state index is 12.4. The molecule has 0 aromatic heterocycles. The van der Waals surface area contributed by atoms with E-state index in [-0.39, 0.29) is 6.03 Å². The van der Waals surface area contributed by atoms with Gasteiger partial charge >= 0.3 is 12.0 Å². The molecule has 0 unspecified atom stereocenters. The van der Waals surface area contributed by atoms with E-state index >= 15 is 0 Å². The van der Waals surface area contributed by atoms with Crippen LogP contribution in [0.3, 0.4) is 0 Å². The van der Waals surface area contributed by atoms with Crippen molar-refractivity contribution in [2.24, 2.45) is 0 Å². The van der Waals surface area contributed by atoms with Crippen LogP contribution in [0.15, 0.2) is 48.5 Å². The number of carbonyl (C=O) groups excluding carboxylic acids is 2. The monoisotopic (exact) mass is 351 g/mol. The summed E-state index contributed by atoms with van der Waals surface area (Å²) >= 11 is 0. The first kappa shape index (κ1) is 16.4. The second kappa shape index (κ2) is 6.71. The first-order chi connectivity index (χ1) is 12.7. The molecule has 4 rings (SSSR count). The summed E-state index contributed by atoms with van der Waals surface area (Å²) in [4.78, 5) is 28.2. The topological polar surface area (TPSA) is 61.9 Å². The number of rotatable bonds is 3. The summed E-state index contributed by atoms with van der Waals surface area (Å²) in [6.07, 6.45) is 1.07. The molecule has 134 valence electrons. The summed E-state index contributed by atoms with van der Waals surface area (Å²) < 4.78 is 4.71. The Bertz CT molecular complexity index is 846. The molecule has 6 heteroatoms. The Morgan fingerprint density at radius 2 is 1.92 bits per heavy atom. The van der Waals surface area contributed by atoms with Gasteiger partial charge in [0.1, 0.15) is 0 Å². The van der Waals surface area contributed by atoms with Crippen LogP contribution in [0.4, 0.5) is 16.2 Å². The van der Waals surface area contributed by atoms with Gasteiger partial charge in [-0.05, 0) is 36.2 Å². The Hall–Kier alpha value is -3.02. The van der Waals surface area contributed by atoms with Crippen LogP contribution in [-0.2, 0) is 11.2 Å². The van der Waals surface area contributed by atoms with Crippen molar-refractivity contribution in [3.8, 4) is 0 Å². The average molecular weight is 351 g/mol. The molecule has 26 heavy (non-hydrogen) atoms. The van der Waals surface area contributed by atoms with Crippen molar-refractivity contribution < 1.29 is 14.3 Å². The minimum Gasteiger partial charge on any atom is -0.465 e. The highest BCUT2D eigenvalue weighted by Crippen LogP contribution is 2.32. The fourth-order valence-corrected chi connectivity index (χ4v) is 3.61. The lowest BCUT2D eigenvalue weighted by Gasteiger charge is -2.45. The summed E-state index contributed by atoms with van der Waals surface area (Å²) in [5.74, 6) is -0.419. The summed E-state index contributed by atoms with van der Waals surface area (Å²) in [7, 11) is 1.34. The number of anilines is 2. The number of esters is 1. The number of methoxy groups -OCH3 is 1. The Morgan fingerprint density at radius 3 is 2.73 bits per heavy atom. The summed E-state index contributed by atoms with van der Waals surface area (Å²) in [6.45, 7) is 2.42. The van der Waals surface area contributed by atoms with Crippen LogP contribution < -0.4 is 10.2 Å². The molecular weight excluding hydrogens is 330 g/mol. The van der Waals surface area contributed by atoms with Crippen molar-refractivity contribution in [1.82, 2.24) is 4.90 Å². The Balaban J connectivity index is 1.35. The van der Waals surface area contributed by atoms with Gasteiger partial charge in [-0.3, -0.25) is 0 Å². The molecule has 0 radical (unpaired) electrons. The van der Waals surface area contributed by atoms with Gasteiger partial charge in [-0.15, -0.1) is 0 Å². The third-order valence-corrected chi connectivity index (χ3v) is 5.05. The molecule has 1 fully saturated rings. The van der Waals surface area contributed by atoms with Gasteiger partial charge in [0.15, 0.2) is 0 Å². The molecule has 1 N–H and O–H groups in total. The Kier molecular flexibility index (Phi) is 4.24. The zero-order valence-electron chi connectivity index (χ0n) is 14.6. The van der Waals surface area contributed by atoms with E-state index in [1.807, 2.05) is 0 Å². The van der Waals surface area contributed by atoms with Gasteiger partial charge in [-0.1, -0.05) is 24.3 Å². The van der Waals surface area contributed by atoms with Crippen LogP contribution in [0.25, 0.3) is 0 Å². The minimum atomic E-state index is -0.419. The number of hydrogen-bond donors (Lipinski definition) is 1. The van der Waals surface area contributed by atoms with E-state index in [2.05, 4.69) is 34.5 Å². The maximum Gasteiger partial charge on any atom is 0.337 e. The lowest BCUT2D eigenvalue weighted by Crippen LogP contribution is -2.61. The molecule has 2 aliphatic heterocycles. The van der Waals surface area contributed by atoms with Crippen molar-refractivity contribution in [3.63, 3.8) is 0 Å². The number of nitrogens with one attached hydrogen (secondary N) is 1. The zero-order chi connectivity index (χ0) is 18.1. The smallest absolute Gasteiger partial charge is 0.337 e. The Labute approximate surface area is 152 Å². The SMILES string of the molecule is COC(=O)c1cccc(NC(=O)N2CC(N3CCc4ccccc43)C2)c1. The zero-order valence-corrected chi connectivity index (χ0v) is 14.6. The maximum absolute atomic E-state index is 12.4. The predicted octanol–water partition coefficient (Wildman–Crippen LogP) is 2.75. The third-order valence-electron chi connectivity index (χ3n) is 5.05. The third kappa shape index (κ3) is 2.98. The number of hydrogen-bond acceptors (Lipinski definition) is 4. The summed E-state index contributed by atoms with van der Waals surface area (Å²) in [5, 5.41) is 2.85. The van der Waals surface area contributed by atoms with E-state index in [1.54, 1.807) is 29.2 Å². The number of ether oxygens (including phenoxy) is 1. The number of fused-ring (bicyclic) bond motifs is 1. The second-order valence-electron chi connectivity index (χ2n) is 6.63. The molecular formula is C20H21N3O3. The van der Waals surface area contributed by atoms with Crippen molar-refractivity contribution in [2.45, 2.75) is 12.5 Å². The molecule has 0 aliphatic carbocycles. The molecule has 6 nitrogen and oxygen atoms in total. The Morgan fingerprint density at radius 1 is 1.12 bits per heavy atom. The molecule has 2 aromatic rings. The van der Waals surface area contributed by atoms with Gasteiger partial charge in [-0.2, -0.15) is 0 Å². The number of nitrogens with zero attached hydrogens (tertiary/aromatic N) is 2. The molecule has 2 aromatic carbocycles. The fraction of sp³-hybridized carbons (Fsp3) is 0.300. The van der Waals surface area contributed by atoms with E-state index in [9.17, 15) is 9.59 Å². The van der Waals surface area contributed by atoms with E-state index < -0.39 is 5.97 Å².